The zero-order valence-corrected chi connectivity index (χ0v) is 9.71. The summed E-state index contributed by atoms with van der Waals surface area (Å²) in [5, 5.41) is 0. The summed E-state index contributed by atoms with van der Waals surface area (Å²) >= 11 is 3.26. The van der Waals surface area contributed by atoms with Crippen molar-refractivity contribution in [1.29, 1.82) is 0 Å². The van der Waals surface area contributed by atoms with Crippen LogP contribution in [0.2, 0.25) is 0 Å². The molecule has 1 aromatic carbocycles. The van der Waals surface area contributed by atoms with Crippen LogP contribution in [0.3, 0.4) is 0 Å². The molecule has 1 amide bonds. The van der Waals surface area contributed by atoms with E-state index >= 15 is 0 Å². The van der Waals surface area contributed by atoms with E-state index in [0.717, 1.165) is 4.47 Å². The van der Waals surface area contributed by atoms with Crippen LogP contribution in [0.1, 0.15) is 16.8 Å². The highest BCUT2D eigenvalue weighted by atomic mass is 79.9. The van der Waals surface area contributed by atoms with Crippen molar-refractivity contribution < 1.29 is 14.4 Å². The average Bonchev–Trinajstić information content (AvgIpc) is 2.18. The van der Waals surface area contributed by atoms with Crippen LogP contribution in [0.5, 0.6) is 0 Å². The summed E-state index contributed by atoms with van der Waals surface area (Å²) in [7, 11) is 1.32. The summed E-state index contributed by atoms with van der Waals surface area (Å²) in [6.07, 6.45) is -0.213. The molecule has 0 aliphatic rings. The molecule has 0 radical (unpaired) electrons. The van der Waals surface area contributed by atoms with E-state index < -0.39 is 5.91 Å². The lowest BCUT2D eigenvalue weighted by Crippen LogP contribution is -2.24. The molecule has 5 heteroatoms. The van der Waals surface area contributed by atoms with E-state index in [1.807, 2.05) is 0 Å². The lowest BCUT2D eigenvalue weighted by atomic mass is 10.1. The Labute approximate surface area is 95.7 Å². The van der Waals surface area contributed by atoms with Gasteiger partial charge in [0, 0.05) is 10.0 Å². The highest BCUT2D eigenvalue weighted by molar-refractivity contribution is 9.10. The van der Waals surface area contributed by atoms with Crippen molar-refractivity contribution in [2.75, 3.05) is 7.11 Å². The number of Topliss-reactive ketones (excluding diaryl/α,β-unsaturated/α-hetero) is 1. The monoisotopic (exact) mass is 271 g/mol. The van der Waals surface area contributed by atoms with Crippen LogP contribution < -0.4 is 5.48 Å². The largest absolute Gasteiger partial charge is 0.294 e. The minimum absolute atomic E-state index is 0.213. The van der Waals surface area contributed by atoms with E-state index in [0.29, 0.717) is 5.56 Å². The van der Waals surface area contributed by atoms with Crippen molar-refractivity contribution in [3.63, 3.8) is 0 Å². The van der Waals surface area contributed by atoms with Gasteiger partial charge in [0.2, 0.25) is 0 Å². The number of hydrogen-bond acceptors (Lipinski definition) is 3. The summed E-state index contributed by atoms with van der Waals surface area (Å²) in [6.45, 7) is 0. The molecule has 1 rings (SSSR count). The van der Waals surface area contributed by atoms with E-state index in [-0.39, 0.29) is 12.2 Å². The number of halogens is 1. The van der Waals surface area contributed by atoms with E-state index in [1.54, 1.807) is 24.3 Å². The van der Waals surface area contributed by atoms with Crippen LogP contribution in [-0.2, 0) is 9.63 Å². The topological polar surface area (TPSA) is 55.4 Å². The molecule has 0 aliphatic heterocycles. The van der Waals surface area contributed by atoms with E-state index in [4.69, 9.17) is 0 Å². The summed E-state index contributed by atoms with van der Waals surface area (Å²) in [5.74, 6) is -0.692. The molecule has 0 unspecified atom stereocenters. The Hall–Kier alpha value is -1.20. The van der Waals surface area contributed by atoms with Gasteiger partial charge in [-0.05, 0) is 12.1 Å². The smallest absolute Gasteiger partial charge is 0.251 e. The zero-order chi connectivity index (χ0) is 11.3. The first-order valence-electron chi connectivity index (χ1n) is 4.24. The average molecular weight is 272 g/mol. The second-order valence-corrected chi connectivity index (χ2v) is 3.75. The molecule has 4 nitrogen and oxygen atoms in total. The first kappa shape index (κ1) is 11.9. The normalized spacial score (nSPS) is 9.73. The summed E-state index contributed by atoms with van der Waals surface area (Å²) in [6, 6.07) is 6.82. The Kier molecular flexibility index (Phi) is 4.45. The quantitative estimate of drug-likeness (QED) is 0.515. The van der Waals surface area contributed by atoms with Gasteiger partial charge in [-0.25, -0.2) is 5.48 Å². The fourth-order valence-electron chi connectivity index (χ4n) is 1.03. The maximum atomic E-state index is 11.5. The molecule has 0 bridgehead atoms. The second kappa shape index (κ2) is 5.63. The third-order valence-electron chi connectivity index (χ3n) is 1.70. The van der Waals surface area contributed by atoms with Gasteiger partial charge in [-0.3, -0.25) is 14.4 Å². The van der Waals surface area contributed by atoms with Crippen molar-refractivity contribution in [3.05, 3.63) is 34.3 Å². The maximum Gasteiger partial charge on any atom is 0.251 e. The standard InChI is InChI=1S/C10H10BrNO3/c1-15-12-10(14)6-9(13)7-2-4-8(11)5-3-7/h2-5H,6H2,1H3,(H,12,14). The number of carbonyl (C=O) groups excluding carboxylic acids is 2. The lowest BCUT2D eigenvalue weighted by Gasteiger charge is -2.01. The summed E-state index contributed by atoms with van der Waals surface area (Å²) in [4.78, 5) is 26.9. The minimum atomic E-state index is -0.453. The van der Waals surface area contributed by atoms with Crippen molar-refractivity contribution in [2.45, 2.75) is 6.42 Å². The predicted molar refractivity (Wildman–Crippen MR) is 58.2 cm³/mol. The van der Waals surface area contributed by atoms with Crippen molar-refractivity contribution in [3.8, 4) is 0 Å². The predicted octanol–water partition coefficient (Wildman–Crippen LogP) is 1.70. The number of hydrogen-bond donors (Lipinski definition) is 1. The van der Waals surface area contributed by atoms with Crippen LogP contribution in [-0.4, -0.2) is 18.8 Å². The van der Waals surface area contributed by atoms with Crippen LogP contribution >= 0.6 is 15.9 Å². The van der Waals surface area contributed by atoms with Crippen LogP contribution in [0, 0.1) is 0 Å². The van der Waals surface area contributed by atoms with Gasteiger partial charge in [-0.15, -0.1) is 0 Å². The van der Waals surface area contributed by atoms with Gasteiger partial charge in [-0.2, -0.15) is 0 Å². The van der Waals surface area contributed by atoms with Gasteiger partial charge in [0.1, 0.15) is 0 Å². The first-order chi connectivity index (χ1) is 7.13. The van der Waals surface area contributed by atoms with Gasteiger partial charge in [0.05, 0.1) is 13.5 Å². The Morgan fingerprint density at radius 3 is 2.47 bits per heavy atom. The Morgan fingerprint density at radius 2 is 1.93 bits per heavy atom. The molecule has 0 spiro atoms. The molecule has 0 heterocycles. The SMILES string of the molecule is CONC(=O)CC(=O)c1ccc(Br)cc1. The maximum absolute atomic E-state index is 11.5. The van der Waals surface area contributed by atoms with Crippen LogP contribution in [0.25, 0.3) is 0 Å². The number of hydroxylamine groups is 1. The highest BCUT2D eigenvalue weighted by Crippen LogP contribution is 2.11. The molecule has 0 saturated heterocycles. The van der Waals surface area contributed by atoms with E-state index in [9.17, 15) is 9.59 Å². The van der Waals surface area contributed by atoms with Crippen molar-refractivity contribution in [2.24, 2.45) is 0 Å². The van der Waals surface area contributed by atoms with Gasteiger partial charge in [-0.1, -0.05) is 28.1 Å². The van der Waals surface area contributed by atoms with E-state index in [1.165, 1.54) is 7.11 Å². The molecule has 1 aromatic rings. The third kappa shape index (κ3) is 3.81. The molecule has 0 fully saturated rings. The summed E-state index contributed by atoms with van der Waals surface area (Å²) < 4.78 is 0.889. The molecule has 0 atom stereocenters. The van der Waals surface area contributed by atoms with Crippen molar-refractivity contribution >= 4 is 27.6 Å². The van der Waals surface area contributed by atoms with Gasteiger partial charge >= 0.3 is 0 Å². The second-order valence-electron chi connectivity index (χ2n) is 2.84. The number of benzene rings is 1. The van der Waals surface area contributed by atoms with Gasteiger partial charge in [0.25, 0.3) is 5.91 Å². The highest BCUT2D eigenvalue weighted by Gasteiger charge is 2.10. The molecular weight excluding hydrogens is 262 g/mol. The molecule has 0 aliphatic carbocycles. The van der Waals surface area contributed by atoms with Crippen LogP contribution in [0.4, 0.5) is 0 Å². The van der Waals surface area contributed by atoms with Crippen LogP contribution in [0.15, 0.2) is 28.7 Å². The zero-order valence-electron chi connectivity index (χ0n) is 8.12. The molecule has 80 valence electrons. The Bertz CT molecular complexity index is 361. The molecule has 0 saturated carbocycles. The minimum Gasteiger partial charge on any atom is -0.294 e. The Morgan fingerprint density at radius 1 is 1.33 bits per heavy atom. The molecule has 1 N–H and O–H groups in total. The fraction of sp³-hybridized carbons (Fsp3) is 0.200. The molecular formula is C10H10BrNO3. The van der Waals surface area contributed by atoms with E-state index in [2.05, 4.69) is 26.2 Å². The number of carbonyl (C=O) groups is 2. The Balaban J connectivity index is 2.61. The number of amides is 1. The van der Waals surface area contributed by atoms with Crippen molar-refractivity contribution in [1.82, 2.24) is 5.48 Å². The summed E-state index contributed by atoms with van der Waals surface area (Å²) in [5.41, 5.74) is 2.59. The fourth-order valence-corrected chi connectivity index (χ4v) is 1.30. The lowest BCUT2D eigenvalue weighted by molar-refractivity contribution is -0.130. The number of ketones is 1. The van der Waals surface area contributed by atoms with Gasteiger partial charge in [0.15, 0.2) is 5.78 Å². The molecule has 15 heavy (non-hydrogen) atoms. The molecule has 0 aromatic heterocycles. The number of nitrogens with one attached hydrogen (secondary N) is 1. The first-order valence-corrected chi connectivity index (χ1v) is 5.03. The number of rotatable bonds is 4. The van der Waals surface area contributed by atoms with Gasteiger partial charge < -0.3 is 0 Å². The third-order valence-corrected chi connectivity index (χ3v) is 2.23.